The van der Waals surface area contributed by atoms with Crippen molar-refractivity contribution < 1.29 is 32.6 Å². The van der Waals surface area contributed by atoms with Crippen molar-refractivity contribution >= 4 is 21.7 Å². The molecule has 0 aromatic heterocycles. The quantitative estimate of drug-likeness (QED) is 0.792. The molecular formula is C15H19NO7S. The van der Waals surface area contributed by atoms with Gasteiger partial charge in [0.25, 0.3) is 0 Å². The first-order valence-electron chi connectivity index (χ1n) is 7.33. The molecule has 2 rings (SSSR count). The van der Waals surface area contributed by atoms with E-state index in [-0.39, 0.29) is 11.3 Å². The van der Waals surface area contributed by atoms with Gasteiger partial charge in [-0.05, 0) is 19.1 Å². The van der Waals surface area contributed by atoms with E-state index in [1.54, 1.807) is 0 Å². The maximum Gasteiger partial charge on any atom is 0.326 e. The number of carboxylic acid groups (broad SMARTS) is 1. The molecule has 1 heterocycles. The lowest BCUT2D eigenvalue weighted by molar-refractivity contribution is -0.148. The van der Waals surface area contributed by atoms with Crippen molar-refractivity contribution in [2.45, 2.75) is 24.3 Å². The number of likely N-dealkylation sites (N-methyl/N-ethyl adjacent to an activating group) is 1. The van der Waals surface area contributed by atoms with Crippen molar-refractivity contribution in [1.29, 1.82) is 0 Å². The highest BCUT2D eigenvalue weighted by molar-refractivity contribution is 7.91. The summed E-state index contributed by atoms with van der Waals surface area (Å²) in [5, 5.41) is 8.88. The van der Waals surface area contributed by atoms with Crippen molar-refractivity contribution in [2.24, 2.45) is 0 Å². The number of aliphatic carboxylic acids is 1. The summed E-state index contributed by atoms with van der Waals surface area (Å²) in [6.07, 6.45) is -0.301. The SMILES string of the molecule is CC(C(=O)O)N(C)C(=O)CCS(=O)(=O)c1ccc2c(c1)OCCO2. The molecule has 0 fully saturated rings. The summed E-state index contributed by atoms with van der Waals surface area (Å²) in [7, 11) is -2.37. The zero-order chi connectivity index (χ0) is 17.9. The number of sulfone groups is 1. The second-order valence-corrected chi connectivity index (χ2v) is 7.50. The van der Waals surface area contributed by atoms with Crippen LogP contribution in [0.2, 0.25) is 0 Å². The molecule has 1 N–H and O–H groups in total. The standard InChI is InChI=1S/C15H19NO7S/c1-10(15(18)19)16(2)14(17)5-8-24(20,21)11-3-4-12-13(9-11)23-7-6-22-12/h3-4,9-10H,5-8H2,1-2H3,(H,18,19). The van der Waals surface area contributed by atoms with Gasteiger partial charge in [0, 0.05) is 19.5 Å². The number of rotatable bonds is 6. The van der Waals surface area contributed by atoms with Crippen LogP contribution in [-0.4, -0.2) is 62.4 Å². The Morgan fingerprint density at radius 3 is 2.50 bits per heavy atom. The summed E-state index contributed by atoms with van der Waals surface area (Å²) in [6, 6.07) is 3.27. The van der Waals surface area contributed by atoms with Gasteiger partial charge in [0.05, 0.1) is 10.6 Å². The van der Waals surface area contributed by atoms with E-state index >= 15 is 0 Å². The summed E-state index contributed by atoms with van der Waals surface area (Å²) in [5.41, 5.74) is 0. The van der Waals surface area contributed by atoms with Crippen LogP contribution in [0, 0.1) is 0 Å². The molecule has 8 nitrogen and oxygen atoms in total. The number of carbonyl (C=O) groups is 2. The molecule has 1 aromatic rings. The van der Waals surface area contributed by atoms with Crippen LogP contribution in [0.1, 0.15) is 13.3 Å². The van der Waals surface area contributed by atoms with Crippen LogP contribution in [0.15, 0.2) is 23.1 Å². The second kappa shape index (κ2) is 7.08. The summed E-state index contributed by atoms with van der Waals surface area (Å²) < 4.78 is 35.4. The highest BCUT2D eigenvalue weighted by atomic mass is 32.2. The second-order valence-electron chi connectivity index (χ2n) is 5.39. The van der Waals surface area contributed by atoms with Crippen LogP contribution in [-0.2, 0) is 19.4 Å². The van der Waals surface area contributed by atoms with Crippen molar-refractivity contribution in [3.8, 4) is 11.5 Å². The van der Waals surface area contributed by atoms with Crippen LogP contribution in [0.3, 0.4) is 0 Å². The van der Waals surface area contributed by atoms with Gasteiger partial charge in [0.2, 0.25) is 5.91 Å². The van der Waals surface area contributed by atoms with Gasteiger partial charge in [-0.25, -0.2) is 13.2 Å². The Kier molecular flexibility index (Phi) is 5.33. The fraction of sp³-hybridized carbons (Fsp3) is 0.467. The van der Waals surface area contributed by atoms with Crippen molar-refractivity contribution in [2.75, 3.05) is 26.0 Å². The summed E-state index contributed by atoms with van der Waals surface area (Å²) in [6.45, 7) is 2.10. The van der Waals surface area contributed by atoms with Gasteiger partial charge in [-0.3, -0.25) is 4.79 Å². The minimum Gasteiger partial charge on any atom is -0.486 e. The largest absolute Gasteiger partial charge is 0.486 e. The number of amides is 1. The van der Waals surface area contributed by atoms with Gasteiger partial charge in [-0.15, -0.1) is 0 Å². The Bertz CT molecular complexity index is 744. The molecule has 0 aliphatic carbocycles. The van der Waals surface area contributed by atoms with E-state index in [1.807, 2.05) is 0 Å². The molecule has 0 radical (unpaired) electrons. The lowest BCUT2D eigenvalue weighted by Gasteiger charge is -2.21. The Morgan fingerprint density at radius 1 is 1.25 bits per heavy atom. The third-order valence-electron chi connectivity index (χ3n) is 3.79. The Morgan fingerprint density at radius 2 is 1.88 bits per heavy atom. The smallest absolute Gasteiger partial charge is 0.326 e. The van der Waals surface area contributed by atoms with Gasteiger partial charge >= 0.3 is 5.97 Å². The topological polar surface area (TPSA) is 110 Å². The van der Waals surface area contributed by atoms with Gasteiger partial charge in [0.1, 0.15) is 19.3 Å². The summed E-state index contributed by atoms with van der Waals surface area (Å²) >= 11 is 0. The summed E-state index contributed by atoms with van der Waals surface area (Å²) in [4.78, 5) is 23.9. The van der Waals surface area contributed by atoms with E-state index in [0.717, 1.165) is 4.90 Å². The van der Waals surface area contributed by atoms with E-state index in [9.17, 15) is 18.0 Å². The third-order valence-corrected chi connectivity index (χ3v) is 5.50. The number of hydrogen-bond donors (Lipinski definition) is 1. The predicted molar refractivity (Wildman–Crippen MR) is 84.0 cm³/mol. The number of hydrogen-bond acceptors (Lipinski definition) is 6. The molecule has 1 aliphatic heterocycles. The molecule has 0 bridgehead atoms. The van der Waals surface area contributed by atoms with E-state index in [0.29, 0.717) is 24.7 Å². The van der Waals surface area contributed by atoms with Crippen LogP contribution in [0.4, 0.5) is 0 Å². The van der Waals surface area contributed by atoms with Gasteiger partial charge < -0.3 is 19.5 Å². The molecule has 1 aromatic carbocycles. The Hall–Kier alpha value is -2.29. The molecule has 0 saturated heterocycles. The average molecular weight is 357 g/mol. The van der Waals surface area contributed by atoms with Gasteiger partial charge in [-0.2, -0.15) is 0 Å². The molecule has 1 aliphatic rings. The first-order valence-corrected chi connectivity index (χ1v) is 8.98. The predicted octanol–water partition coefficient (Wildman–Crippen LogP) is 0.553. The van der Waals surface area contributed by atoms with E-state index < -0.39 is 33.5 Å². The number of ether oxygens (including phenoxy) is 2. The monoisotopic (exact) mass is 357 g/mol. The highest BCUT2D eigenvalue weighted by Gasteiger charge is 2.25. The number of carbonyl (C=O) groups excluding carboxylic acids is 1. The van der Waals surface area contributed by atoms with E-state index in [4.69, 9.17) is 14.6 Å². The maximum atomic E-state index is 12.4. The van der Waals surface area contributed by atoms with Crippen molar-refractivity contribution in [3.05, 3.63) is 18.2 Å². The number of carboxylic acids is 1. The normalized spacial score (nSPS) is 14.8. The molecule has 24 heavy (non-hydrogen) atoms. The minimum atomic E-state index is -3.70. The molecule has 1 unspecified atom stereocenters. The average Bonchev–Trinajstić information content (AvgIpc) is 2.57. The van der Waals surface area contributed by atoms with Crippen LogP contribution < -0.4 is 9.47 Å². The third kappa shape index (κ3) is 3.97. The Labute approximate surface area is 139 Å². The number of benzene rings is 1. The zero-order valence-electron chi connectivity index (χ0n) is 13.4. The zero-order valence-corrected chi connectivity index (χ0v) is 14.2. The fourth-order valence-corrected chi connectivity index (χ4v) is 3.36. The number of fused-ring (bicyclic) bond motifs is 1. The first kappa shape index (κ1) is 18.1. The molecule has 9 heteroatoms. The molecule has 132 valence electrons. The molecule has 1 atom stereocenters. The molecular weight excluding hydrogens is 338 g/mol. The van der Waals surface area contributed by atoms with Crippen LogP contribution in [0.25, 0.3) is 0 Å². The van der Waals surface area contributed by atoms with Crippen LogP contribution in [0.5, 0.6) is 11.5 Å². The number of nitrogens with zero attached hydrogens (tertiary/aromatic N) is 1. The van der Waals surface area contributed by atoms with Crippen molar-refractivity contribution in [3.63, 3.8) is 0 Å². The van der Waals surface area contributed by atoms with E-state index in [1.165, 1.54) is 32.2 Å². The lowest BCUT2D eigenvalue weighted by atomic mass is 10.3. The van der Waals surface area contributed by atoms with E-state index in [2.05, 4.69) is 0 Å². The minimum absolute atomic E-state index is 0.0356. The molecule has 0 saturated carbocycles. The van der Waals surface area contributed by atoms with Gasteiger partial charge in [0.15, 0.2) is 21.3 Å². The van der Waals surface area contributed by atoms with Crippen LogP contribution >= 0.6 is 0 Å². The molecule has 0 spiro atoms. The Balaban J connectivity index is 2.06. The first-order chi connectivity index (χ1) is 11.2. The highest BCUT2D eigenvalue weighted by Crippen LogP contribution is 2.32. The maximum absolute atomic E-state index is 12.4. The molecule has 1 amide bonds. The fourth-order valence-electron chi connectivity index (χ4n) is 2.11. The van der Waals surface area contributed by atoms with Crippen molar-refractivity contribution in [1.82, 2.24) is 4.90 Å². The summed E-state index contributed by atoms with van der Waals surface area (Å²) in [5.74, 6) is -1.29. The lowest BCUT2D eigenvalue weighted by Crippen LogP contribution is -2.40. The van der Waals surface area contributed by atoms with Gasteiger partial charge in [-0.1, -0.05) is 0 Å².